The van der Waals surface area contributed by atoms with Gasteiger partial charge in [0.1, 0.15) is 11.2 Å². The lowest BCUT2D eigenvalue weighted by Gasteiger charge is -2.21. The maximum absolute atomic E-state index is 6.48. The summed E-state index contributed by atoms with van der Waals surface area (Å²) in [5.74, 6) is 1.86. The molecule has 2 heterocycles. The maximum atomic E-state index is 6.48. The third-order valence-electron chi connectivity index (χ3n) is 11.5. The Kier molecular flexibility index (Phi) is 7.17. The third kappa shape index (κ3) is 5.10. The zero-order chi connectivity index (χ0) is 37.4. The summed E-state index contributed by atoms with van der Waals surface area (Å²) in [5.41, 5.74) is 14.6. The van der Waals surface area contributed by atoms with Crippen LogP contribution in [0.4, 0.5) is 0 Å². The Morgan fingerprint density at radius 3 is 1.73 bits per heavy atom. The first-order valence-electron chi connectivity index (χ1n) is 19.1. The number of furan rings is 1. The minimum Gasteiger partial charge on any atom is -0.456 e. The lowest BCUT2D eigenvalue weighted by atomic mass is 9.82. The molecule has 11 rings (SSSR count). The highest BCUT2D eigenvalue weighted by Gasteiger charge is 2.36. The van der Waals surface area contributed by atoms with E-state index in [-0.39, 0.29) is 5.41 Å². The van der Waals surface area contributed by atoms with Crippen molar-refractivity contribution in [2.75, 3.05) is 0 Å². The summed E-state index contributed by atoms with van der Waals surface area (Å²) in [6.45, 7) is 4.68. The summed E-state index contributed by atoms with van der Waals surface area (Å²) in [7, 11) is 0. The molecule has 10 aromatic rings. The molecular formula is C52H35N3O. The molecular weight excluding hydrogens is 683 g/mol. The Hall–Kier alpha value is -7.17. The van der Waals surface area contributed by atoms with E-state index in [0.29, 0.717) is 17.5 Å². The monoisotopic (exact) mass is 717 g/mol. The molecule has 0 atom stereocenters. The van der Waals surface area contributed by atoms with Crippen LogP contribution < -0.4 is 0 Å². The summed E-state index contributed by atoms with van der Waals surface area (Å²) < 4.78 is 6.48. The summed E-state index contributed by atoms with van der Waals surface area (Å²) in [4.78, 5) is 15.0. The van der Waals surface area contributed by atoms with Crippen molar-refractivity contribution in [2.24, 2.45) is 0 Å². The zero-order valence-corrected chi connectivity index (χ0v) is 31.0. The quantitative estimate of drug-likeness (QED) is 0.178. The Balaban J connectivity index is 1.04. The number of aromatic nitrogens is 3. The minimum atomic E-state index is -0.0421. The first-order chi connectivity index (χ1) is 27.5. The van der Waals surface area contributed by atoms with E-state index in [1.54, 1.807) is 0 Å². The van der Waals surface area contributed by atoms with Crippen LogP contribution in [0.25, 0.3) is 100 Å². The molecule has 264 valence electrons. The highest BCUT2D eigenvalue weighted by Crippen LogP contribution is 2.52. The Labute approximate surface area is 324 Å². The van der Waals surface area contributed by atoms with Gasteiger partial charge in [0, 0.05) is 32.9 Å². The van der Waals surface area contributed by atoms with Gasteiger partial charge in [-0.15, -0.1) is 0 Å². The maximum Gasteiger partial charge on any atom is 0.164 e. The van der Waals surface area contributed by atoms with Gasteiger partial charge >= 0.3 is 0 Å². The highest BCUT2D eigenvalue weighted by atomic mass is 16.3. The van der Waals surface area contributed by atoms with Gasteiger partial charge in [0.2, 0.25) is 0 Å². The first kappa shape index (κ1) is 32.3. The summed E-state index contributed by atoms with van der Waals surface area (Å²) in [5, 5.41) is 4.41. The lowest BCUT2D eigenvalue weighted by Crippen LogP contribution is -2.14. The van der Waals surface area contributed by atoms with E-state index >= 15 is 0 Å². The average Bonchev–Trinajstić information content (AvgIpc) is 3.75. The van der Waals surface area contributed by atoms with Crippen LogP contribution in [-0.4, -0.2) is 15.0 Å². The number of hydrogen-bond donors (Lipinski definition) is 0. The van der Waals surface area contributed by atoms with Crippen molar-refractivity contribution in [3.63, 3.8) is 0 Å². The molecule has 56 heavy (non-hydrogen) atoms. The van der Waals surface area contributed by atoms with Crippen molar-refractivity contribution in [3.05, 3.63) is 187 Å². The van der Waals surface area contributed by atoms with Gasteiger partial charge in [-0.1, -0.05) is 159 Å². The molecule has 0 saturated carbocycles. The topological polar surface area (TPSA) is 51.8 Å². The highest BCUT2D eigenvalue weighted by molar-refractivity contribution is 6.13. The fraction of sp³-hybridized carbons (Fsp3) is 0.0577. The van der Waals surface area contributed by atoms with Gasteiger partial charge < -0.3 is 4.42 Å². The van der Waals surface area contributed by atoms with Crippen LogP contribution in [0.5, 0.6) is 0 Å². The molecule has 8 aromatic carbocycles. The predicted molar refractivity (Wildman–Crippen MR) is 229 cm³/mol. The Bertz CT molecular complexity index is 3100. The lowest BCUT2D eigenvalue weighted by molar-refractivity contribution is 0.660. The molecule has 0 radical (unpaired) electrons. The second-order valence-electron chi connectivity index (χ2n) is 15.2. The number of nitrogens with zero attached hydrogens (tertiary/aromatic N) is 3. The average molecular weight is 718 g/mol. The van der Waals surface area contributed by atoms with Crippen LogP contribution in [0.3, 0.4) is 0 Å². The van der Waals surface area contributed by atoms with Crippen LogP contribution in [0.1, 0.15) is 25.0 Å². The molecule has 0 unspecified atom stereocenters. The number of benzene rings is 8. The van der Waals surface area contributed by atoms with E-state index in [0.717, 1.165) is 49.8 Å². The second-order valence-corrected chi connectivity index (χ2v) is 15.2. The molecule has 0 aliphatic heterocycles. The van der Waals surface area contributed by atoms with E-state index in [9.17, 15) is 0 Å². The molecule has 1 aliphatic rings. The van der Waals surface area contributed by atoms with Gasteiger partial charge in [0.05, 0.1) is 0 Å². The first-order valence-corrected chi connectivity index (χ1v) is 19.1. The standard InChI is InChI=1S/C52H35N3O/c1-52(2)43-20-10-9-17-40(43)47-39(18-11-21-44(47)52)37-26-24-32-23-25-35(29-38(32)30-37)36-27-28-45-42(31-36)48-41(19-12-22-46(48)56-45)51-54-49(33-13-5-3-6-14-33)53-50(55-51)34-15-7-4-8-16-34/h3-31H,1-2H3. The van der Waals surface area contributed by atoms with Gasteiger partial charge in [-0.2, -0.15) is 0 Å². The third-order valence-corrected chi connectivity index (χ3v) is 11.5. The fourth-order valence-electron chi connectivity index (χ4n) is 8.71. The summed E-state index contributed by atoms with van der Waals surface area (Å²) >= 11 is 0. The molecule has 0 bridgehead atoms. The fourth-order valence-corrected chi connectivity index (χ4v) is 8.71. The van der Waals surface area contributed by atoms with Crippen LogP contribution >= 0.6 is 0 Å². The molecule has 0 amide bonds. The molecule has 4 nitrogen and oxygen atoms in total. The van der Waals surface area contributed by atoms with E-state index in [1.807, 2.05) is 72.8 Å². The summed E-state index contributed by atoms with van der Waals surface area (Å²) in [6, 6.07) is 62.1. The molecule has 0 spiro atoms. The normalized spacial score (nSPS) is 13.0. The van der Waals surface area contributed by atoms with Crippen LogP contribution in [-0.2, 0) is 5.41 Å². The van der Waals surface area contributed by atoms with Crippen molar-refractivity contribution in [1.82, 2.24) is 15.0 Å². The summed E-state index contributed by atoms with van der Waals surface area (Å²) in [6.07, 6.45) is 0. The number of hydrogen-bond acceptors (Lipinski definition) is 4. The van der Waals surface area contributed by atoms with E-state index in [2.05, 4.69) is 117 Å². The molecule has 0 fully saturated rings. The SMILES string of the molecule is CC1(C)c2ccccc2-c2c(-c3ccc4ccc(-c5ccc6oc7cccc(-c8nc(-c9ccccc9)nc(-c9ccccc9)n8)c7c6c5)cc4c3)cccc21. The zero-order valence-electron chi connectivity index (χ0n) is 31.0. The van der Waals surface area contributed by atoms with E-state index in [1.165, 1.54) is 44.2 Å². The molecule has 0 saturated heterocycles. The molecule has 1 aliphatic carbocycles. The minimum absolute atomic E-state index is 0.0421. The second kappa shape index (κ2) is 12.4. The van der Waals surface area contributed by atoms with Gasteiger partial charge in [-0.05, 0) is 85.6 Å². The van der Waals surface area contributed by atoms with Crippen molar-refractivity contribution in [3.8, 4) is 67.5 Å². The van der Waals surface area contributed by atoms with Crippen LogP contribution in [0.15, 0.2) is 180 Å². The number of fused-ring (bicyclic) bond motifs is 7. The van der Waals surface area contributed by atoms with Crippen molar-refractivity contribution in [2.45, 2.75) is 19.3 Å². The van der Waals surface area contributed by atoms with Gasteiger partial charge in [0.25, 0.3) is 0 Å². The smallest absolute Gasteiger partial charge is 0.164 e. The van der Waals surface area contributed by atoms with E-state index < -0.39 is 0 Å². The van der Waals surface area contributed by atoms with Crippen LogP contribution in [0, 0.1) is 0 Å². The number of rotatable bonds is 5. The van der Waals surface area contributed by atoms with Crippen molar-refractivity contribution >= 4 is 32.7 Å². The Morgan fingerprint density at radius 1 is 0.393 bits per heavy atom. The molecule has 4 heteroatoms. The van der Waals surface area contributed by atoms with E-state index in [4.69, 9.17) is 19.4 Å². The van der Waals surface area contributed by atoms with Crippen molar-refractivity contribution < 1.29 is 4.42 Å². The molecule has 0 N–H and O–H groups in total. The van der Waals surface area contributed by atoms with Gasteiger partial charge in [0.15, 0.2) is 17.5 Å². The van der Waals surface area contributed by atoms with Crippen LogP contribution in [0.2, 0.25) is 0 Å². The Morgan fingerprint density at radius 2 is 0.964 bits per heavy atom. The molecule has 2 aromatic heterocycles. The predicted octanol–water partition coefficient (Wildman–Crippen LogP) is 13.6. The van der Waals surface area contributed by atoms with Gasteiger partial charge in [-0.3, -0.25) is 0 Å². The largest absolute Gasteiger partial charge is 0.456 e. The van der Waals surface area contributed by atoms with Gasteiger partial charge in [-0.25, -0.2) is 15.0 Å². The van der Waals surface area contributed by atoms with Crippen molar-refractivity contribution in [1.29, 1.82) is 0 Å².